The fourth-order valence-corrected chi connectivity index (χ4v) is 4.09. The number of amides is 1. The minimum Gasteiger partial charge on any atom is -0.508 e. The molecular weight excluding hydrogens is 450 g/mol. The van der Waals surface area contributed by atoms with Gasteiger partial charge < -0.3 is 29.0 Å². The van der Waals surface area contributed by atoms with Crippen LogP contribution in [-0.2, 0) is 22.9 Å². The second-order valence-electron chi connectivity index (χ2n) is 7.64. The van der Waals surface area contributed by atoms with Crippen molar-refractivity contribution in [2.75, 3.05) is 11.5 Å². The SMILES string of the molecule is O=C1N(Cc2ccc(C(F)(F)F)o2)c2ccc(F)cc2C1(CO)C1Oc2ccc(O)cc2O1. The molecule has 0 saturated carbocycles. The largest absolute Gasteiger partial charge is 0.508 e. The molecule has 0 aliphatic carbocycles. The van der Waals surface area contributed by atoms with Gasteiger partial charge in [-0.05, 0) is 42.5 Å². The number of aromatic hydroxyl groups is 1. The van der Waals surface area contributed by atoms with Crippen molar-refractivity contribution in [2.45, 2.75) is 24.4 Å². The van der Waals surface area contributed by atoms with Gasteiger partial charge in [0.25, 0.3) is 6.29 Å². The van der Waals surface area contributed by atoms with Crippen LogP contribution in [0.4, 0.5) is 23.2 Å². The number of fused-ring (bicyclic) bond motifs is 2. The molecule has 1 amide bonds. The first kappa shape index (κ1) is 21.1. The van der Waals surface area contributed by atoms with Crippen molar-refractivity contribution in [3.8, 4) is 17.2 Å². The molecule has 2 atom stereocenters. The lowest BCUT2D eigenvalue weighted by atomic mass is 9.81. The Bertz CT molecular complexity index is 1260. The van der Waals surface area contributed by atoms with E-state index in [-0.39, 0.29) is 34.3 Å². The van der Waals surface area contributed by atoms with E-state index in [1.807, 2.05) is 0 Å². The number of aliphatic hydroxyl groups is 1. The zero-order valence-electron chi connectivity index (χ0n) is 16.6. The van der Waals surface area contributed by atoms with Gasteiger partial charge in [0.2, 0.25) is 11.7 Å². The number of aliphatic hydroxyl groups excluding tert-OH is 1. The van der Waals surface area contributed by atoms with E-state index in [9.17, 15) is 32.6 Å². The van der Waals surface area contributed by atoms with Crippen LogP contribution in [0.15, 0.2) is 52.9 Å². The van der Waals surface area contributed by atoms with Crippen LogP contribution in [0.3, 0.4) is 0 Å². The number of phenols is 1. The molecule has 5 rings (SSSR count). The van der Waals surface area contributed by atoms with Gasteiger partial charge in [-0.1, -0.05) is 0 Å². The Morgan fingerprint density at radius 2 is 1.79 bits per heavy atom. The average molecular weight is 465 g/mol. The number of ether oxygens (including phenoxy) is 2. The fourth-order valence-electron chi connectivity index (χ4n) is 4.09. The molecule has 0 saturated heterocycles. The first-order valence-corrected chi connectivity index (χ1v) is 9.68. The molecule has 11 heteroatoms. The topological polar surface area (TPSA) is 92.4 Å². The third-order valence-electron chi connectivity index (χ3n) is 5.66. The Morgan fingerprint density at radius 1 is 1.03 bits per heavy atom. The van der Waals surface area contributed by atoms with Gasteiger partial charge in [-0.15, -0.1) is 0 Å². The maximum atomic E-state index is 14.2. The van der Waals surface area contributed by atoms with E-state index in [1.54, 1.807) is 0 Å². The van der Waals surface area contributed by atoms with Crippen LogP contribution in [0, 0.1) is 5.82 Å². The molecule has 3 heterocycles. The predicted octanol–water partition coefficient (Wildman–Crippen LogP) is 3.72. The Morgan fingerprint density at radius 3 is 2.48 bits per heavy atom. The van der Waals surface area contributed by atoms with Crippen LogP contribution >= 0.6 is 0 Å². The molecule has 2 aliphatic heterocycles. The quantitative estimate of drug-likeness (QED) is 0.571. The summed E-state index contributed by atoms with van der Waals surface area (Å²) in [6.45, 7) is -1.26. The summed E-state index contributed by atoms with van der Waals surface area (Å²) in [6, 6.07) is 9.22. The molecule has 0 fully saturated rings. The highest BCUT2D eigenvalue weighted by molar-refractivity contribution is 6.08. The van der Waals surface area contributed by atoms with Crippen molar-refractivity contribution in [1.82, 2.24) is 0 Å². The summed E-state index contributed by atoms with van der Waals surface area (Å²) < 4.78 is 69.2. The molecule has 1 aromatic heterocycles. The standard InChI is InChI=1S/C22H15F4NO6/c23-11-1-4-15-14(7-11)21(10-28,20-32-16-5-2-12(29)8-17(16)33-20)19(30)27(15)9-13-3-6-18(31-13)22(24,25)26/h1-8,20,28-29H,9-10H2. The first-order valence-electron chi connectivity index (χ1n) is 9.68. The lowest BCUT2D eigenvalue weighted by Gasteiger charge is -2.30. The van der Waals surface area contributed by atoms with E-state index < -0.39 is 48.5 Å². The van der Waals surface area contributed by atoms with Gasteiger partial charge in [0.15, 0.2) is 16.9 Å². The molecule has 7 nitrogen and oxygen atoms in total. The molecule has 0 bridgehead atoms. The third-order valence-corrected chi connectivity index (χ3v) is 5.66. The van der Waals surface area contributed by atoms with Crippen LogP contribution in [0.5, 0.6) is 17.2 Å². The maximum Gasteiger partial charge on any atom is 0.449 e. The van der Waals surface area contributed by atoms with E-state index in [1.165, 1.54) is 24.3 Å². The summed E-state index contributed by atoms with van der Waals surface area (Å²) in [5, 5.41) is 20.0. The highest BCUT2D eigenvalue weighted by atomic mass is 19.4. The number of furan rings is 1. The van der Waals surface area contributed by atoms with E-state index in [0.717, 1.165) is 29.2 Å². The molecule has 2 aliphatic rings. The van der Waals surface area contributed by atoms with Crippen molar-refractivity contribution in [3.63, 3.8) is 0 Å². The Hall–Kier alpha value is -3.73. The number of carbonyl (C=O) groups is 1. The van der Waals surface area contributed by atoms with Crippen LogP contribution in [0.1, 0.15) is 17.1 Å². The van der Waals surface area contributed by atoms with Crippen LogP contribution in [0.25, 0.3) is 0 Å². The number of carbonyl (C=O) groups excluding carboxylic acids is 1. The summed E-state index contributed by atoms with van der Waals surface area (Å²) in [6.07, 6.45) is -6.13. The molecule has 3 aromatic rings. The second kappa shape index (κ2) is 7.14. The molecule has 0 spiro atoms. The first-order chi connectivity index (χ1) is 15.6. The zero-order chi connectivity index (χ0) is 23.5. The minimum absolute atomic E-state index is 0.0413. The van der Waals surface area contributed by atoms with Crippen molar-refractivity contribution >= 4 is 11.6 Å². The van der Waals surface area contributed by atoms with Gasteiger partial charge in [-0.25, -0.2) is 4.39 Å². The van der Waals surface area contributed by atoms with Crippen molar-refractivity contribution in [2.24, 2.45) is 0 Å². The van der Waals surface area contributed by atoms with E-state index in [2.05, 4.69) is 0 Å². The highest BCUT2D eigenvalue weighted by Gasteiger charge is 2.60. The van der Waals surface area contributed by atoms with E-state index in [4.69, 9.17) is 13.9 Å². The van der Waals surface area contributed by atoms with Crippen molar-refractivity contribution in [3.05, 3.63) is 71.4 Å². The van der Waals surface area contributed by atoms with Gasteiger partial charge in [-0.3, -0.25) is 4.79 Å². The van der Waals surface area contributed by atoms with Crippen LogP contribution < -0.4 is 14.4 Å². The Balaban J connectivity index is 1.55. The number of hydrogen-bond acceptors (Lipinski definition) is 6. The molecular formula is C22H15F4NO6. The van der Waals surface area contributed by atoms with Gasteiger partial charge in [-0.2, -0.15) is 13.2 Å². The van der Waals surface area contributed by atoms with E-state index >= 15 is 0 Å². The number of anilines is 1. The lowest BCUT2D eigenvalue weighted by molar-refractivity contribution is -0.153. The highest BCUT2D eigenvalue weighted by Crippen LogP contribution is 2.50. The number of alkyl halides is 3. The molecule has 172 valence electrons. The lowest BCUT2D eigenvalue weighted by Crippen LogP contribution is -2.54. The summed E-state index contributed by atoms with van der Waals surface area (Å²) in [4.78, 5) is 14.7. The number of halogens is 4. The number of phenolic OH excluding ortho intramolecular Hbond substituents is 1. The second-order valence-corrected chi connectivity index (χ2v) is 7.64. The predicted molar refractivity (Wildman–Crippen MR) is 103 cm³/mol. The fraction of sp³-hybridized carbons (Fsp3) is 0.227. The molecule has 2 N–H and O–H groups in total. The third kappa shape index (κ3) is 3.18. The van der Waals surface area contributed by atoms with Crippen molar-refractivity contribution < 1.29 is 46.5 Å². The van der Waals surface area contributed by atoms with Crippen molar-refractivity contribution in [1.29, 1.82) is 0 Å². The number of benzene rings is 2. The number of hydrogen-bond donors (Lipinski definition) is 2. The molecule has 2 unspecified atom stereocenters. The summed E-state index contributed by atoms with van der Waals surface area (Å²) in [5.41, 5.74) is -1.73. The zero-order valence-corrected chi connectivity index (χ0v) is 16.6. The van der Waals surface area contributed by atoms with Gasteiger partial charge in [0.05, 0.1) is 13.2 Å². The number of rotatable bonds is 4. The average Bonchev–Trinajstić information content (AvgIpc) is 3.44. The van der Waals surface area contributed by atoms with Gasteiger partial charge in [0.1, 0.15) is 17.3 Å². The van der Waals surface area contributed by atoms with Crippen LogP contribution in [0.2, 0.25) is 0 Å². The Labute approximate surface area is 183 Å². The molecule has 33 heavy (non-hydrogen) atoms. The number of nitrogens with zero attached hydrogens (tertiary/aromatic N) is 1. The van der Waals surface area contributed by atoms with Gasteiger partial charge >= 0.3 is 6.18 Å². The maximum absolute atomic E-state index is 14.2. The van der Waals surface area contributed by atoms with Gasteiger partial charge in [0, 0.05) is 17.3 Å². The molecule has 2 aromatic carbocycles. The Kier molecular flexibility index (Phi) is 4.57. The normalized spacial score (nSPS) is 21.5. The summed E-state index contributed by atoms with van der Waals surface area (Å²) in [5.74, 6) is -2.70. The van der Waals surface area contributed by atoms with E-state index in [0.29, 0.717) is 0 Å². The molecule has 0 radical (unpaired) electrons. The monoisotopic (exact) mass is 465 g/mol. The van der Waals surface area contributed by atoms with Crippen LogP contribution in [-0.4, -0.2) is 29.0 Å². The minimum atomic E-state index is -4.70. The summed E-state index contributed by atoms with van der Waals surface area (Å²) >= 11 is 0. The smallest absolute Gasteiger partial charge is 0.449 e. The summed E-state index contributed by atoms with van der Waals surface area (Å²) in [7, 11) is 0.